The van der Waals surface area contributed by atoms with Gasteiger partial charge < -0.3 is 20.4 Å². The molecule has 3 N–H and O–H groups in total. The standard InChI is InChI=1S/C13H24N2O4/c1-4-8(2)11(12(17)18)14-13(19)15-6-5-10(16)9(3)7-15/h8-11,16H,4-7H2,1-3H3,(H,14,19)(H,17,18)/t8?,9?,10?,11-/m0/s1. The van der Waals surface area contributed by atoms with Gasteiger partial charge in [-0.1, -0.05) is 27.2 Å². The number of carbonyl (C=O) groups is 2. The molecule has 1 rings (SSSR count). The lowest BCUT2D eigenvalue weighted by atomic mass is 9.96. The molecule has 110 valence electrons. The quantitative estimate of drug-likeness (QED) is 0.709. The van der Waals surface area contributed by atoms with Crippen LogP contribution in [0.3, 0.4) is 0 Å². The molecule has 6 heteroatoms. The third kappa shape index (κ3) is 4.09. The van der Waals surface area contributed by atoms with E-state index < -0.39 is 12.0 Å². The number of carboxylic acids is 1. The number of nitrogens with one attached hydrogen (secondary N) is 1. The van der Waals surface area contributed by atoms with Crippen molar-refractivity contribution in [1.82, 2.24) is 10.2 Å². The number of piperidine rings is 1. The zero-order valence-corrected chi connectivity index (χ0v) is 11.8. The highest BCUT2D eigenvalue weighted by Crippen LogP contribution is 2.17. The first-order valence-corrected chi connectivity index (χ1v) is 6.83. The van der Waals surface area contributed by atoms with Gasteiger partial charge in [0.1, 0.15) is 6.04 Å². The van der Waals surface area contributed by atoms with Gasteiger partial charge in [-0.05, 0) is 18.3 Å². The monoisotopic (exact) mass is 272 g/mol. The van der Waals surface area contributed by atoms with E-state index in [1.807, 2.05) is 20.8 Å². The number of rotatable bonds is 4. The first kappa shape index (κ1) is 15.8. The maximum Gasteiger partial charge on any atom is 0.326 e. The zero-order chi connectivity index (χ0) is 14.6. The van der Waals surface area contributed by atoms with E-state index in [9.17, 15) is 14.7 Å². The third-order valence-corrected chi connectivity index (χ3v) is 3.91. The maximum atomic E-state index is 12.1. The summed E-state index contributed by atoms with van der Waals surface area (Å²) in [5.74, 6) is -1.10. The van der Waals surface area contributed by atoms with E-state index in [1.54, 1.807) is 4.90 Å². The van der Waals surface area contributed by atoms with Crippen LogP contribution in [0.15, 0.2) is 0 Å². The fraction of sp³-hybridized carbons (Fsp3) is 0.846. The molecule has 0 aromatic rings. The number of aliphatic hydroxyl groups excluding tert-OH is 1. The molecule has 1 fully saturated rings. The molecule has 0 radical (unpaired) electrons. The largest absolute Gasteiger partial charge is 0.480 e. The highest BCUT2D eigenvalue weighted by molar-refractivity contribution is 5.82. The van der Waals surface area contributed by atoms with Crippen molar-refractivity contribution in [3.8, 4) is 0 Å². The SMILES string of the molecule is CCC(C)[C@H](NC(=O)N1CCC(O)C(C)C1)C(=O)O. The van der Waals surface area contributed by atoms with Crippen molar-refractivity contribution in [2.24, 2.45) is 11.8 Å². The van der Waals surface area contributed by atoms with Gasteiger partial charge in [0, 0.05) is 13.1 Å². The van der Waals surface area contributed by atoms with E-state index in [1.165, 1.54) is 0 Å². The zero-order valence-electron chi connectivity index (χ0n) is 11.8. The molecule has 4 atom stereocenters. The number of hydrogen-bond acceptors (Lipinski definition) is 3. The van der Waals surface area contributed by atoms with Gasteiger partial charge in [-0.2, -0.15) is 0 Å². The lowest BCUT2D eigenvalue weighted by molar-refractivity contribution is -0.140. The Morgan fingerprint density at radius 2 is 2.11 bits per heavy atom. The van der Waals surface area contributed by atoms with Crippen molar-refractivity contribution in [3.63, 3.8) is 0 Å². The van der Waals surface area contributed by atoms with E-state index in [4.69, 9.17) is 5.11 Å². The third-order valence-electron chi connectivity index (χ3n) is 3.91. The second-order valence-electron chi connectivity index (χ2n) is 5.43. The molecule has 1 heterocycles. The molecule has 2 amide bonds. The molecule has 1 aliphatic heterocycles. The molecule has 3 unspecified atom stereocenters. The van der Waals surface area contributed by atoms with Crippen LogP contribution in [0.1, 0.15) is 33.6 Å². The number of amides is 2. The summed E-state index contributed by atoms with van der Waals surface area (Å²) >= 11 is 0. The molecule has 0 bridgehead atoms. The number of urea groups is 1. The molecule has 0 aromatic heterocycles. The normalized spacial score (nSPS) is 26.6. The van der Waals surface area contributed by atoms with Crippen LogP contribution in [0.25, 0.3) is 0 Å². The summed E-state index contributed by atoms with van der Waals surface area (Å²) in [6.45, 7) is 6.51. The van der Waals surface area contributed by atoms with Crippen molar-refractivity contribution < 1.29 is 19.8 Å². The molecule has 0 aromatic carbocycles. The molecule has 6 nitrogen and oxygen atoms in total. The van der Waals surface area contributed by atoms with Crippen molar-refractivity contribution in [2.75, 3.05) is 13.1 Å². The van der Waals surface area contributed by atoms with Crippen LogP contribution in [0, 0.1) is 11.8 Å². The Labute approximate surface area is 113 Å². The van der Waals surface area contributed by atoms with Crippen LogP contribution in [-0.4, -0.2) is 52.3 Å². The highest BCUT2D eigenvalue weighted by atomic mass is 16.4. The second-order valence-corrected chi connectivity index (χ2v) is 5.43. The number of nitrogens with zero attached hydrogens (tertiary/aromatic N) is 1. The number of aliphatic hydroxyl groups is 1. The van der Waals surface area contributed by atoms with Crippen LogP contribution in [0.4, 0.5) is 4.79 Å². The van der Waals surface area contributed by atoms with Crippen LogP contribution >= 0.6 is 0 Å². The summed E-state index contributed by atoms with van der Waals surface area (Å²) in [7, 11) is 0. The predicted octanol–water partition coefficient (Wildman–Crippen LogP) is 0.898. The first-order chi connectivity index (χ1) is 8.86. The average molecular weight is 272 g/mol. The van der Waals surface area contributed by atoms with Crippen molar-refractivity contribution >= 4 is 12.0 Å². The van der Waals surface area contributed by atoms with E-state index in [0.29, 0.717) is 25.9 Å². The smallest absolute Gasteiger partial charge is 0.326 e. The van der Waals surface area contributed by atoms with E-state index >= 15 is 0 Å². The second kappa shape index (κ2) is 6.75. The first-order valence-electron chi connectivity index (χ1n) is 6.83. The van der Waals surface area contributed by atoms with Gasteiger partial charge in [0.15, 0.2) is 0 Å². The van der Waals surface area contributed by atoms with Gasteiger partial charge in [0.05, 0.1) is 6.10 Å². The number of hydrogen-bond donors (Lipinski definition) is 3. The fourth-order valence-electron chi connectivity index (χ4n) is 2.23. The molecule has 1 saturated heterocycles. The minimum Gasteiger partial charge on any atom is -0.480 e. The van der Waals surface area contributed by atoms with Crippen LogP contribution in [-0.2, 0) is 4.79 Å². The number of aliphatic carboxylic acids is 1. The molecule has 0 aliphatic carbocycles. The Balaban J connectivity index is 2.60. The van der Waals surface area contributed by atoms with Gasteiger partial charge in [-0.25, -0.2) is 9.59 Å². The van der Waals surface area contributed by atoms with Crippen LogP contribution in [0.5, 0.6) is 0 Å². The number of carboxylic acid groups (broad SMARTS) is 1. The lowest BCUT2D eigenvalue weighted by Crippen LogP contribution is -2.54. The van der Waals surface area contributed by atoms with E-state index in [0.717, 1.165) is 0 Å². The van der Waals surface area contributed by atoms with Gasteiger partial charge in [0.2, 0.25) is 0 Å². The van der Waals surface area contributed by atoms with Gasteiger partial charge >= 0.3 is 12.0 Å². The fourth-order valence-corrected chi connectivity index (χ4v) is 2.23. The molecule has 0 spiro atoms. The summed E-state index contributed by atoms with van der Waals surface area (Å²) < 4.78 is 0. The Morgan fingerprint density at radius 3 is 2.58 bits per heavy atom. The summed E-state index contributed by atoms with van der Waals surface area (Å²) in [6, 6.07) is -1.22. The van der Waals surface area contributed by atoms with Gasteiger partial charge in [-0.3, -0.25) is 0 Å². The summed E-state index contributed by atoms with van der Waals surface area (Å²) in [4.78, 5) is 24.8. The highest BCUT2D eigenvalue weighted by Gasteiger charge is 2.31. The predicted molar refractivity (Wildman–Crippen MR) is 70.8 cm³/mol. The van der Waals surface area contributed by atoms with Crippen LogP contribution in [0.2, 0.25) is 0 Å². The van der Waals surface area contributed by atoms with Crippen molar-refractivity contribution in [2.45, 2.75) is 45.8 Å². The number of likely N-dealkylation sites (tertiary alicyclic amines) is 1. The number of carbonyl (C=O) groups excluding carboxylic acids is 1. The van der Waals surface area contributed by atoms with E-state index in [-0.39, 0.29) is 24.0 Å². The molecule has 19 heavy (non-hydrogen) atoms. The summed E-state index contributed by atoms with van der Waals surface area (Å²) in [5, 5.41) is 21.3. The molecular weight excluding hydrogens is 248 g/mol. The van der Waals surface area contributed by atoms with Gasteiger partial charge in [-0.15, -0.1) is 0 Å². The Kier molecular flexibility index (Phi) is 5.60. The van der Waals surface area contributed by atoms with Crippen molar-refractivity contribution in [1.29, 1.82) is 0 Å². The van der Waals surface area contributed by atoms with Gasteiger partial charge in [0.25, 0.3) is 0 Å². The molecule has 1 aliphatic rings. The molecule has 0 saturated carbocycles. The van der Waals surface area contributed by atoms with Crippen LogP contribution < -0.4 is 5.32 Å². The minimum absolute atomic E-state index is 0.0198. The summed E-state index contributed by atoms with van der Waals surface area (Å²) in [5.41, 5.74) is 0. The van der Waals surface area contributed by atoms with E-state index in [2.05, 4.69) is 5.32 Å². The summed E-state index contributed by atoms with van der Waals surface area (Å²) in [6.07, 6.45) is 0.844. The topological polar surface area (TPSA) is 89.9 Å². The Bertz CT molecular complexity index is 335. The van der Waals surface area contributed by atoms with Crippen molar-refractivity contribution in [3.05, 3.63) is 0 Å². The lowest BCUT2D eigenvalue weighted by Gasteiger charge is -2.35. The molecular formula is C13H24N2O4. The minimum atomic E-state index is -1.01. The average Bonchev–Trinajstić information content (AvgIpc) is 2.37. The Hall–Kier alpha value is -1.30. The Morgan fingerprint density at radius 1 is 1.47 bits per heavy atom. The maximum absolute atomic E-state index is 12.1.